The molecule has 0 aliphatic rings. The Morgan fingerprint density at radius 3 is 2.00 bits per heavy atom. The van der Waals surface area contributed by atoms with Crippen LogP contribution in [0.3, 0.4) is 0 Å². The number of aromatic nitrogens is 2. The molecule has 1 aromatic rings. The summed E-state index contributed by atoms with van der Waals surface area (Å²) in [5.41, 5.74) is 0. The molecule has 0 radical (unpaired) electrons. The maximum Gasteiger partial charge on any atom is 0.308 e. The summed E-state index contributed by atoms with van der Waals surface area (Å²) in [7, 11) is 0. The van der Waals surface area contributed by atoms with Crippen LogP contribution in [0.15, 0.2) is 18.5 Å². The van der Waals surface area contributed by atoms with E-state index in [9.17, 15) is 8.78 Å². The summed E-state index contributed by atoms with van der Waals surface area (Å²) in [5.74, 6) is 0. The third-order valence-electron chi connectivity index (χ3n) is 0.534. The Kier molecular flexibility index (Phi) is 5.96. The molecule has 0 saturated heterocycles. The molecule has 10 heavy (non-hydrogen) atoms. The number of alkyl halides is 1. The van der Waals surface area contributed by atoms with E-state index in [-0.39, 0.29) is 0 Å². The smallest absolute Gasteiger partial charge is 0.240 e. The van der Waals surface area contributed by atoms with Gasteiger partial charge in [-0.05, 0) is 6.07 Å². The van der Waals surface area contributed by atoms with E-state index >= 15 is 0 Å². The van der Waals surface area contributed by atoms with Crippen molar-refractivity contribution < 1.29 is 8.78 Å². The van der Waals surface area contributed by atoms with Crippen LogP contribution in [0.5, 0.6) is 0 Å². The molecule has 56 valence electrons. The van der Waals surface area contributed by atoms with Crippen molar-refractivity contribution in [3.05, 3.63) is 24.5 Å². The first kappa shape index (κ1) is 9.29. The highest BCUT2D eigenvalue weighted by molar-refractivity contribution is 7.80. The van der Waals surface area contributed by atoms with E-state index in [0.717, 1.165) is 0 Å². The lowest BCUT2D eigenvalue weighted by Crippen LogP contribution is -1.81. The van der Waals surface area contributed by atoms with Gasteiger partial charge in [0.05, 0.1) is 0 Å². The second-order valence-electron chi connectivity index (χ2n) is 1.14. The molecule has 0 spiro atoms. The summed E-state index contributed by atoms with van der Waals surface area (Å²) in [6, 6.07) is 1.00. The zero-order valence-corrected chi connectivity index (χ0v) is 5.93. The predicted octanol–water partition coefficient (Wildman–Crippen LogP) is 1.46. The highest BCUT2D eigenvalue weighted by Crippen LogP contribution is 1.79. The normalized spacial score (nSPS) is 7.90. The Balaban J connectivity index is 0.000000236. The monoisotopic (exact) mass is 164 g/mol. The van der Waals surface area contributed by atoms with Crippen molar-refractivity contribution in [2.24, 2.45) is 0 Å². The summed E-state index contributed by atoms with van der Waals surface area (Å²) in [6.07, 6.45) is 2.02. The molecule has 0 fully saturated rings. The molecule has 0 aliphatic heterocycles. The third-order valence-corrected chi connectivity index (χ3v) is 0.534. The molecule has 5 heteroatoms. The van der Waals surface area contributed by atoms with Gasteiger partial charge >= 0.3 is 6.08 Å². The van der Waals surface area contributed by atoms with Crippen molar-refractivity contribution in [3.63, 3.8) is 0 Å². The van der Waals surface area contributed by atoms with Crippen molar-refractivity contribution in [2.45, 2.75) is 0 Å². The van der Waals surface area contributed by atoms with Gasteiger partial charge in [-0.1, -0.05) is 0 Å². The van der Waals surface area contributed by atoms with Gasteiger partial charge in [0.15, 0.2) is 0 Å². The second-order valence-corrected chi connectivity index (χ2v) is 1.38. The van der Waals surface area contributed by atoms with Gasteiger partial charge in [-0.25, -0.2) is 14.4 Å². The lowest BCUT2D eigenvalue weighted by molar-refractivity contribution is 0.538. The largest absolute Gasteiger partial charge is 0.308 e. The first-order valence-electron chi connectivity index (χ1n) is 2.40. The molecular weight excluding hydrogens is 158 g/mol. The van der Waals surface area contributed by atoms with Gasteiger partial charge in [0.25, 0.3) is 0 Å². The van der Waals surface area contributed by atoms with Crippen LogP contribution in [0, 0.1) is 6.08 Å². The van der Waals surface area contributed by atoms with Crippen LogP contribution in [0.25, 0.3) is 0 Å². The Morgan fingerprint density at radius 1 is 1.40 bits per heavy atom. The van der Waals surface area contributed by atoms with Crippen LogP contribution in [0.4, 0.5) is 8.78 Å². The van der Waals surface area contributed by atoms with Crippen LogP contribution >= 0.6 is 12.6 Å². The average molecular weight is 164 g/mol. The van der Waals surface area contributed by atoms with Crippen molar-refractivity contribution in [3.8, 4) is 0 Å². The molecule has 1 rings (SSSR count). The lowest BCUT2D eigenvalue weighted by Gasteiger charge is -1.77. The first-order chi connectivity index (χ1) is 4.81. The highest BCUT2D eigenvalue weighted by atomic mass is 32.1. The van der Waals surface area contributed by atoms with Crippen molar-refractivity contribution in [1.29, 1.82) is 0 Å². The fourth-order valence-corrected chi connectivity index (χ4v) is 0.281. The van der Waals surface area contributed by atoms with E-state index in [1.54, 1.807) is 6.07 Å². The van der Waals surface area contributed by atoms with E-state index < -0.39 is 12.1 Å². The standard InChI is InChI=1S/C4H3FN2.CH3FS/c5-4-6-2-1-3-7-4;2-1-3/h1-3H;3H,1H2. The van der Waals surface area contributed by atoms with Gasteiger partial charge in [-0.3, -0.25) is 0 Å². The molecule has 0 amide bonds. The summed E-state index contributed by atoms with van der Waals surface area (Å²) < 4.78 is 21.8. The molecule has 0 aromatic carbocycles. The number of halogens is 2. The van der Waals surface area contributed by atoms with Crippen molar-refractivity contribution >= 4 is 12.6 Å². The summed E-state index contributed by atoms with van der Waals surface area (Å²) in [5, 5.41) is 0. The molecule has 2 nitrogen and oxygen atoms in total. The lowest BCUT2D eigenvalue weighted by atomic mass is 10.7. The summed E-state index contributed by atoms with van der Waals surface area (Å²) >= 11 is 3.12. The number of thiol groups is 1. The van der Waals surface area contributed by atoms with E-state index in [4.69, 9.17) is 0 Å². The molecular formula is C5H6F2N2S. The Labute approximate surface area is 62.7 Å². The van der Waals surface area contributed by atoms with E-state index in [0.29, 0.717) is 0 Å². The van der Waals surface area contributed by atoms with Crippen LogP contribution in [0.2, 0.25) is 0 Å². The minimum atomic E-state index is -0.678. The topological polar surface area (TPSA) is 25.8 Å². The van der Waals surface area contributed by atoms with Gasteiger partial charge in [0, 0.05) is 12.4 Å². The molecule has 0 unspecified atom stereocenters. The Bertz CT molecular complexity index is 159. The molecule has 1 aromatic heterocycles. The Morgan fingerprint density at radius 2 is 1.80 bits per heavy atom. The highest BCUT2D eigenvalue weighted by Gasteiger charge is 1.80. The van der Waals surface area contributed by atoms with Gasteiger partial charge < -0.3 is 0 Å². The van der Waals surface area contributed by atoms with E-state index in [1.807, 2.05) is 0 Å². The maximum atomic E-state index is 11.7. The van der Waals surface area contributed by atoms with Gasteiger partial charge in [0.2, 0.25) is 0 Å². The SMILES string of the molecule is FCS.Fc1ncccn1. The number of rotatable bonds is 0. The second kappa shape index (κ2) is 6.41. The van der Waals surface area contributed by atoms with Crippen molar-refractivity contribution in [1.82, 2.24) is 9.97 Å². The molecule has 0 atom stereocenters. The van der Waals surface area contributed by atoms with Crippen LogP contribution in [-0.2, 0) is 0 Å². The Hall–Kier alpha value is -0.710. The summed E-state index contributed by atoms with van der Waals surface area (Å²) in [4.78, 5) is 6.40. The first-order valence-corrected chi connectivity index (χ1v) is 3.04. The molecule has 0 aliphatic carbocycles. The fraction of sp³-hybridized carbons (Fsp3) is 0.200. The molecule has 0 saturated carbocycles. The summed E-state index contributed by atoms with van der Waals surface area (Å²) in [6.45, 7) is 0. The number of hydrogen-bond donors (Lipinski definition) is 1. The predicted molar refractivity (Wildman–Crippen MR) is 37.0 cm³/mol. The van der Waals surface area contributed by atoms with Gasteiger partial charge in [-0.15, -0.1) is 12.6 Å². The van der Waals surface area contributed by atoms with Crippen LogP contribution < -0.4 is 0 Å². The van der Waals surface area contributed by atoms with E-state index in [2.05, 4.69) is 22.6 Å². The average Bonchev–Trinajstić information content (AvgIpc) is 1.91. The van der Waals surface area contributed by atoms with E-state index in [1.165, 1.54) is 12.4 Å². The minimum Gasteiger partial charge on any atom is -0.240 e. The molecule has 1 heterocycles. The van der Waals surface area contributed by atoms with Crippen molar-refractivity contribution in [2.75, 3.05) is 6.01 Å². The van der Waals surface area contributed by atoms with Crippen LogP contribution in [0.1, 0.15) is 0 Å². The van der Waals surface area contributed by atoms with Gasteiger partial charge in [0.1, 0.15) is 6.01 Å². The van der Waals surface area contributed by atoms with Crippen LogP contribution in [-0.4, -0.2) is 16.0 Å². The zero-order chi connectivity index (χ0) is 7.82. The minimum absolute atomic E-state index is 0.556. The number of hydrogen-bond acceptors (Lipinski definition) is 3. The maximum absolute atomic E-state index is 11.7. The third kappa shape index (κ3) is 5.43. The zero-order valence-electron chi connectivity index (χ0n) is 5.04. The molecule has 0 bridgehead atoms. The molecule has 0 N–H and O–H groups in total. The quantitative estimate of drug-likeness (QED) is 0.464. The number of nitrogens with zero attached hydrogens (tertiary/aromatic N) is 2. The van der Waals surface area contributed by atoms with Gasteiger partial charge in [-0.2, -0.15) is 4.39 Å². The fourth-order valence-electron chi connectivity index (χ4n) is 0.281.